The summed E-state index contributed by atoms with van der Waals surface area (Å²) in [5.41, 5.74) is 1.68. The summed E-state index contributed by atoms with van der Waals surface area (Å²) >= 11 is 1.78. The first-order valence-electron chi connectivity index (χ1n) is 6.55. The van der Waals surface area contributed by atoms with Crippen LogP contribution >= 0.6 is 11.3 Å². The van der Waals surface area contributed by atoms with Crippen LogP contribution in [0.25, 0.3) is 0 Å². The van der Waals surface area contributed by atoms with Crippen molar-refractivity contribution in [1.82, 2.24) is 5.32 Å². The van der Waals surface area contributed by atoms with Gasteiger partial charge in [0.1, 0.15) is 5.75 Å². The van der Waals surface area contributed by atoms with E-state index in [-0.39, 0.29) is 0 Å². The van der Waals surface area contributed by atoms with E-state index in [9.17, 15) is 0 Å². The standard InChI is InChI=1S/C16H18N2OS/c1-12(8-15-4-3-7-20-15)18-11-14-9-13(10-17)5-6-16(14)19-2/h3-7,9,12,18H,8,11H2,1-2H3. The second-order valence-electron chi connectivity index (χ2n) is 4.70. The first kappa shape index (κ1) is 14.6. The Morgan fingerprint density at radius 3 is 2.90 bits per heavy atom. The van der Waals surface area contributed by atoms with Crippen LogP contribution in [0.3, 0.4) is 0 Å². The average Bonchev–Trinajstić information content (AvgIpc) is 2.97. The van der Waals surface area contributed by atoms with Crippen LogP contribution in [0.15, 0.2) is 35.7 Å². The SMILES string of the molecule is COc1ccc(C#N)cc1CNC(C)Cc1cccs1. The maximum atomic E-state index is 8.96. The van der Waals surface area contributed by atoms with Crippen LogP contribution < -0.4 is 10.1 Å². The van der Waals surface area contributed by atoms with E-state index in [1.807, 2.05) is 12.1 Å². The Balaban J connectivity index is 1.97. The van der Waals surface area contributed by atoms with E-state index < -0.39 is 0 Å². The van der Waals surface area contributed by atoms with E-state index in [0.717, 1.165) is 17.7 Å². The van der Waals surface area contributed by atoms with Crippen molar-refractivity contribution in [3.8, 4) is 11.8 Å². The van der Waals surface area contributed by atoms with Gasteiger partial charge in [0.15, 0.2) is 0 Å². The maximum Gasteiger partial charge on any atom is 0.123 e. The van der Waals surface area contributed by atoms with Gasteiger partial charge in [0.05, 0.1) is 18.7 Å². The number of hydrogen-bond donors (Lipinski definition) is 1. The van der Waals surface area contributed by atoms with E-state index in [0.29, 0.717) is 18.2 Å². The zero-order valence-electron chi connectivity index (χ0n) is 11.7. The predicted molar refractivity (Wildman–Crippen MR) is 82.0 cm³/mol. The van der Waals surface area contributed by atoms with Gasteiger partial charge in [-0.15, -0.1) is 11.3 Å². The Hall–Kier alpha value is -1.83. The van der Waals surface area contributed by atoms with Gasteiger partial charge < -0.3 is 10.1 Å². The zero-order chi connectivity index (χ0) is 14.4. The molecule has 1 aromatic carbocycles. The van der Waals surface area contributed by atoms with Crippen molar-refractivity contribution < 1.29 is 4.74 Å². The molecule has 0 bridgehead atoms. The largest absolute Gasteiger partial charge is 0.496 e. The number of nitriles is 1. The molecule has 0 saturated heterocycles. The van der Waals surface area contributed by atoms with Crippen molar-refractivity contribution in [2.24, 2.45) is 0 Å². The summed E-state index contributed by atoms with van der Waals surface area (Å²) < 4.78 is 5.34. The first-order valence-corrected chi connectivity index (χ1v) is 7.43. The normalized spacial score (nSPS) is 11.8. The fourth-order valence-electron chi connectivity index (χ4n) is 2.07. The summed E-state index contributed by atoms with van der Waals surface area (Å²) in [6, 6.07) is 12.3. The van der Waals surface area contributed by atoms with Gasteiger partial charge in [0.2, 0.25) is 0 Å². The summed E-state index contributed by atoms with van der Waals surface area (Å²) in [6.45, 7) is 2.87. The molecule has 0 aliphatic heterocycles. The molecular weight excluding hydrogens is 268 g/mol. The molecule has 1 N–H and O–H groups in total. The molecule has 0 aliphatic carbocycles. The van der Waals surface area contributed by atoms with Crippen molar-refractivity contribution in [2.45, 2.75) is 25.9 Å². The van der Waals surface area contributed by atoms with Gasteiger partial charge in [-0.2, -0.15) is 5.26 Å². The molecule has 0 fully saturated rings. The molecule has 0 amide bonds. The van der Waals surface area contributed by atoms with Crippen molar-refractivity contribution in [1.29, 1.82) is 5.26 Å². The Bertz CT molecular complexity index is 587. The van der Waals surface area contributed by atoms with Gasteiger partial charge in [0.25, 0.3) is 0 Å². The molecule has 1 atom stereocenters. The van der Waals surface area contributed by atoms with Crippen molar-refractivity contribution in [3.63, 3.8) is 0 Å². The molecule has 2 aromatic rings. The number of rotatable bonds is 6. The average molecular weight is 286 g/mol. The number of nitrogens with one attached hydrogen (secondary N) is 1. The quantitative estimate of drug-likeness (QED) is 0.885. The van der Waals surface area contributed by atoms with Crippen LogP contribution in [0.2, 0.25) is 0 Å². The smallest absolute Gasteiger partial charge is 0.123 e. The molecule has 0 aliphatic rings. The number of thiophene rings is 1. The monoisotopic (exact) mass is 286 g/mol. The molecule has 0 spiro atoms. The Kier molecular flexibility index (Phi) is 5.16. The number of benzene rings is 1. The highest BCUT2D eigenvalue weighted by Gasteiger charge is 2.08. The van der Waals surface area contributed by atoms with Crippen LogP contribution in [0.5, 0.6) is 5.75 Å². The minimum absolute atomic E-state index is 0.379. The fourth-order valence-corrected chi connectivity index (χ4v) is 2.91. The van der Waals surface area contributed by atoms with E-state index in [1.165, 1.54) is 4.88 Å². The minimum atomic E-state index is 0.379. The lowest BCUT2D eigenvalue weighted by Gasteiger charge is -2.15. The number of hydrogen-bond acceptors (Lipinski definition) is 4. The van der Waals surface area contributed by atoms with Gasteiger partial charge in [-0.05, 0) is 43.0 Å². The van der Waals surface area contributed by atoms with Crippen LogP contribution in [-0.2, 0) is 13.0 Å². The highest BCUT2D eigenvalue weighted by molar-refractivity contribution is 7.09. The second-order valence-corrected chi connectivity index (χ2v) is 5.74. The van der Waals surface area contributed by atoms with Gasteiger partial charge in [0, 0.05) is 23.0 Å². The second kappa shape index (κ2) is 7.09. The lowest BCUT2D eigenvalue weighted by molar-refractivity contribution is 0.405. The third-order valence-electron chi connectivity index (χ3n) is 3.14. The third kappa shape index (κ3) is 3.83. The molecule has 3 nitrogen and oxygen atoms in total. The van der Waals surface area contributed by atoms with E-state index in [4.69, 9.17) is 10.00 Å². The summed E-state index contributed by atoms with van der Waals surface area (Å²) in [5.74, 6) is 0.819. The molecule has 1 heterocycles. The molecule has 2 rings (SSSR count). The topological polar surface area (TPSA) is 45.0 Å². The van der Waals surface area contributed by atoms with Crippen LogP contribution in [0, 0.1) is 11.3 Å². The van der Waals surface area contributed by atoms with Gasteiger partial charge >= 0.3 is 0 Å². The lowest BCUT2D eigenvalue weighted by Crippen LogP contribution is -2.27. The zero-order valence-corrected chi connectivity index (χ0v) is 12.5. The number of ether oxygens (including phenoxy) is 1. The first-order chi connectivity index (χ1) is 9.72. The van der Waals surface area contributed by atoms with E-state index >= 15 is 0 Å². The minimum Gasteiger partial charge on any atom is -0.496 e. The summed E-state index contributed by atoms with van der Waals surface area (Å²) in [4.78, 5) is 1.38. The predicted octanol–water partition coefficient (Wildman–Crippen LogP) is 3.35. The highest BCUT2D eigenvalue weighted by Crippen LogP contribution is 2.20. The highest BCUT2D eigenvalue weighted by atomic mass is 32.1. The van der Waals surface area contributed by atoms with Gasteiger partial charge in [-0.3, -0.25) is 0 Å². The molecule has 104 valence electrons. The van der Waals surface area contributed by atoms with Crippen LogP contribution in [-0.4, -0.2) is 13.2 Å². The van der Waals surface area contributed by atoms with E-state index in [1.54, 1.807) is 24.5 Å². The van der Waals surface area contributed by atoms with Gasteiger partial charge in [-0.25, -0.2) is 0 Å². The molecule has 1 unspecified atom stereocenters. The maximum absolute atomic E-state index is 8.96. The molecule has 0 saturated carbocycles. The van der Waals surface area contributed by atoms with Crippen LogP contribution in [0.1, 0.15) is 22.9 Å². The molecule has 20 heavy (non-hydrogen) atoms. The summed E-state index contributed by atoms with van der Waals surface area (Å²) in [7, 11) is 1.65. The molecule has 1 aromatic heterocycles. The third-order valence-corrected chi connectivity index (χ3v) is 4.04. The molecule has 4 heteroatoms. The Morgan fingerprint density at radius 2 is 2.25 bits per heavy atom. The summed E-state index contributed by atoms with van der Waals surface area (Å²) in [6.07, 6.45) is 1.01. The van der Waals surface area contributed by atoms with Crippen molar-refractivity contribution in [2.75, 3.05) is 7.11 Å². The number of nitrogens with zero attached hydrogens (tertiary/aromatic N) is 1. The molecular formula is C16H18N2OS. The Labute approximate surface area is 123 Å². The number of methoxy groups -OCH3 is 1. The molecule has 0 radical (unpaired) electrons. The van der Waals surface area contributed by atoms with E-state index in [2.05, 4.69) is 35.8 Å². The Morgan fingerprint density at radius 1 is 1.40 bits per heavy atom. The van der Waals surface area contributed by atoms with Crippen LogP contribution in [0.4, 0.5) is 0 Å². The fraction of sp³-hybridized carbons (Fsp3) is 0.312. The lowest BCUT2D eigenvalue weighted by atomic mass is 10.1. The van der Waals surface area contributed by atoms with Crippen molar-refractivity contribution in [3.05, 3.63) is 51.7 Å². The summed E-state index contributed by atoms with van der Waals surface area (Å²) in [5, 5.41) is 14.5. The van der Waals surface area contributed by atoms with Crippen molar-refractivity contribution >= 4 is 11.3 Å². The van der Waals surface area contributed by atoms with Gasteiger partial charge in [-0.1, -0.05) is 6.07 Å².